The van der Waals surface area contributed by atoms with E-state index in [0.29, 0.717) is 5.92 Å². The van der Waals surface area contributed by atoms with Crippen LogP contribution in [0.5, 0.6) is 0 Å². The average Bonchev–Trinajstić information content (AvgIpc) is 2.28. The number of carbonyl (C=O) groups excluding carboxylic acids is 1. The zero-order chi connectivity index (χ0) is 12.1. The minimum atomic E-state index is -0.126. The van der Waals surface area contributed by atoms with Gasteiger partial charge < -0.3 is 5.32 Å². The second-order valence-electron chi connectivity index (χ2n) is 4.29. The van der Waals surface area contributed by atoms with Gasteiger partial charge >= 0.3 is 0 Å². The van der Waals surface area contributed by atoms with Crippen molar-refractivity contribution in [3.05, 3.63) is 35.9 Å². The van der Waals surface area contributed by atoms with Gasteiger partial charge in [-0.05, 0) is 18.4 Å². The average molecular weight is 284 g/mol. The van der Waals surface area contributed by atoms with E-state index in [9.17, 15) is 4.79 Å². The third-order valence-electron chi connectivity index (χ3n) is 2.49. The van der Waals surface area contributed by atoms with E-state index in [2.05, 4.69) is 21.2 Å². The van der Waals surface area contributed by atoms with Gasteiger partial charge in [0.25, 0.3) is 0 Å². The number of amides is 1. The van der Waals surface area contributed by atoms with Crippen LogP contribution in [0, 0.1) is 5.92 Å². The molecule has 2 nitrogen and oxygen atoms in total. The Morgan fingerprint density at radius 3 is 2.25 bits per heavy atom. The molecule has 0 radical (unpaired) electrons. The molecule has 0 saturated carbocycles. The molecule has 0 aliphatic heterocycles. The minimum absolute atomic E-state index is 0.0475. The zero-order valence-corrected chi connectivity index (χ0v) is 11.5. The van der Waals surface area contributed by atoms with Crippen LogP contribution in [-0.2, 0) is 4.79 Å². The Morgan fingerprint density at radius 1 is 1.19 bits per heavy atom. The molecular formula is C13H18BrNO. The normalized spacial score (nSPS) is 14.6. The predicted molar refractivity (Wildman–Crippen MR) is 70.6 cm³/mol. The number of hydrogen-bond donors (Lipinski definition) is 1. The standard InChI is InChI=1S/C13H18BrNO/c1-9(2)12(14)13(16)15-10(3)11-7-5-4-6-8-11/h4-10,12H,1-3H3,(H,15,16)/t10-,12-/m0/s1. The predicted octanol–water partition coefficient (Wildman–Crippen LogP) is 3.28. The number of alkyl halides is 1. The number of carbonyl (C=O) groups is 1. The second-order valence-corrected chi connectivity index (χ2v) is 5.27. The Balaban J connectivity index is 2.58. The number of rotatable bonds is 4. The van der Waals surface area contributed by atoms with Gasteiger partial charge in [0.2, 0.25) is 5.91 Å². The summed E-state index contributed by atoms with van der Waals surface area (Å²) in [6.45, 7) is 6.03. The van der Waals surface area contributed by atoms with Crippen LogP contribution in [0.4, 0.5) is 0 Å². The molecule has 0 bridgehead atoms. The third kappa shape index (κ3) is 3.63. The molecule has 1 rings (SSSR count). The van der Waals surface area contributed by atoms with E-state index in [0.717, 1.165) is 5.56 Å². The number of halogens is 1. The summed E-state index contributed by atoms with van der Waals surface area (Å²) in [4.78, 5) is 11.7. The first-order valence-electron chi connectivity index (χ1n) is 5.51. The maximum atomic E-state index is 11.8. The molecule has 1 aromatic rings. The van der Waals surface area contributed by atoms with Gasteiger partial charge in [0.05, 0.1) is 10.9 Å². The molecule has 88 valence electrons. The summed E-state index contributed by atoms with van der Waals surface area (Å²) in [6.07, 6.45) is 0. The summed E-state index contributed by atoms with van der Waals surface area (Å²) in [5.41, 5.74) is 1.12. The highest BCUT2D eigenvalue weighted by molar-refractivity contribution is 9.10. The SMILES string of the molecule is CC(C)[C@H](Br)C(=O)N[C@@H](C)c1ccccc1. The van der Waals surface area contributed by atoms with Crippen LogP contribution in [-0.4, -0.2) is 10.7 Å². The van der Waals surface area contributed by atoms with Crippen LogP contribution in [0.15, 0.2) is 30.3 Å². The van der Waals surface area contributed by atoms with Crippen molar-refractivity contribution in [1.29, 1.82) is 0 Å². The van der Waals surface area contributed by atoms with Crippen molar-refractivity contribution in [1.82, 2.24) is 5.32 Å². The van der Waals surface area contributed by atoms with Crippen LogP contribution < -0.4 is 5.32 Å². The zero-order valence-electron chi connectivity index (χ0n) is 9.91. The number of hydrogen-bond acceptors (Lipinski definition) is 1. The summed E-state index contributed by atoms with van der Waals surface area (Å²) < 4.78 is 0. The van der Waals surface area contributed by atoms with Gasteiger partial charge in [-0.1, -0.05) is 60.1 Å². The van der Waals surface area contributed by atoms with Gasteiger partial charge in [0, 0.05) is 0 Å². The van der Waals surface area contributed by atoms with Crippen molar-refractivity contribution in [3.8, 4) is 0 Å². The molecule has 1 N–H and O–H groups in total. The highest BCUT2D eigenvalue weighted by atomic mass is 79.9. The number of benzene rings is 1. The maximum Gasteiger partial charge on any atom is 0.234 e. The Bertz CT molecular complexity index is 337. The molecule has 3 heteroatoms. The van der Waals surface area contributed by atoms with E-state index in [-0.39, 0.29) is 16.8 Å². The van der Waals surface area contributed by atoms with Gasteiger partial charge in [-0.25, -0.2) is 0 Å². The van der Waals surface area contributed by atoms with Crippen molar-refractivity contribution in [2.45, 2.75) is 31.6 Å². The largest absolute Gasteiger partial charge is 0.349 e. The molecular weight excluding hydrogens is 266 g/mol. The molecule has 0 aliphatic carbocycles. The molecule has 16 heavy (non-hydrogen) atoms. The molecule has 1 amide bonds. The van der Waals surface area contributed by atoms with Crippen molar-refractivity contribution < 1.29 is 4.79 Å². The smallest absolute Gasteiger partial charge is 0.234 e. The lowest BCUT2D eigenvalue weighted by Crippen LogP contribution is -2.35. The lowest BCUT2D eigenvalue weighted by molar-refractivity contribution is -0.121. The molecule has 0 heterocycles. The fourth-order valence-corrected chi connectivity index (χ4v) is 1.55. The van der Waals surface area contributed by atoms with Crippen molar-refractivity contribution >= 4 is 21.8 Å². The van der Waals surface area contributed by atoms with Crippen LogP contribution in [0.3, 0.4) is 0 Å². The van der Waals surface area contributed by atoms with Gasteiger partial charge in [0.15, 0.2) is 0 Å². The van der Waals surface area contributed by atoms with Crippen molar-refractivity contribution in [2.75, 3.05) is 0 Å². The molecule has 0 saturated heterocycles. The Morgan fingerprint density at radius 2 is 1.75 bits per heavy atom. The Hall–Kier alpha value is -0.830. The fourth-order valence-electron chi connectivity index (χ4n) is 1.42. The van der Waals surface area contributed by atoms with E-state index >= 15 is 0 Å². The van der Waals surface area contributed by atoms with Gasteiger partial charge in [0.1, 0.15) is 0 Å². The Kier molecular flexibility index (Phi) is 5.00. The summed E-state index contributed by atoms with van der Waals surface area (Å²) >= 11 is 3.40. The molecule has 0 fully saturated rings. The molecule has 0 unspecified atom stereocenters. The highest BCUT2D eigenvalue weighted by Gasteiger charge is 2.20. The van der Waals surface area contributed by atoms with Crippen LogP contribution in [0.25, 0.3) is 0 Å². The van der Waals surface area contributed by atoms with Crippen molar-refractivity contribution in [3.63, 3.8) is 0 Å². The molecule has 1 aromatic carbocycles. The summed E-state index contributed by atoms with van der Waals surface area (Å²) in [7, 11) is 0. The lowest BCUT2D eigenvalue weighted by Gasteiger charge is -2.18. The van der Waals surface area contributed by atoms with Crippen LogP contribution >= 0.6 is 15.9 Å². The molecule has 2 atom stereocenters. The van der Waals surface area contributed by atoms with E-state index in [1.165, 1.54) is 0 Å². The molecule has 0 aliphatic rings. The Labute approximate surface area is 106 Å². The van der Waals surface area contributed by atoms with Crippen LogP contribution in [0.2, 0.25) is 0 Å². The lowest BCUT2D eigenvalue weighted by atomic mass is 10.1. The van der Waals surface area contributed by atoms with Crippen molar-refractivity contribution in [2.24, 2.45) is 5.92 Å². The molecule has 0 spiro atoms. The monoisotopic (exact) mass is 283 g/mol. The van der Waals surface area contributed by atoms with E-state index in [1.54, 1.807) is 0 Å². The second kappa shape index (κ2) is 6.04. The van der Waals surface area contributed by atoms with E-state index < -0.39 is 0 Å². The summed E-state index contributed by atoms with van der Waals surface area (Å²) in [5, 5.41) is 2.99. The van der Waals surface area contributed by atoms with Gasteiger partial charge in [-0.2, -0.15) is 0 Å². The third-order valence-corrected chi connectivity index (χ3v) is 3.97. The fraction of sp³-hybridized carbons (Fsp3) is 0.462. The van der Waals surface area contributed by atoms with Gasteiger partial charge in [-0.15, -0.1) is 0 Å². The topological polar surface area (TPSA) is 29.1 Å². The highest BCUT2D eigenvalue weighted by Crippen LogP contribution is 2.16. The summed E-state index contributed by atoms with van der Waals surface area (Å²) in [5.74, 6) is 0.342. The first kappa shape index (κ1) is 13.2. The van der Waals surface area contributed by atoms with Crippen LogP contribution in [0.1, 0.15) is 32.4 Å². The first-order valence-corrected chi connectivity index (χ1v) is 6.43. The quantitative estimate of drug-likeness (QED) is 0.845. The van der Waals surface area contributed by atoms with E-state index in [4.69, 9.17) is 0 Å². The van der Waals surface area contributed by atoms with Gasteiger partial charge in [-0.3, -0.25) is 4.79 Å². The molecule has 0 aromatic heterocycles. The first-order chi connectivity index (χ1) is 7.52. The van der Waals surface area contributed by atoms with E-state index in [1.807, 2.05) is 51.1 Å². The minimum Gasteiger partial charge on any atom is -0.349 e. The summed E-state index contributed by atoms with van der Waals surface area (Å²) in [6, 6.07) is 10.0. The number of nitrogens with one attached hydrogen (secondary N) is 1. The maximum absolute atomic E-state index is 11.8.